The molecule has 2 aliphatic carbocycles. The first-order chi connectivity index (χ1) is 10.6. The minimum atomic E-state index is 0. The fourth-order valence-corrected chi connectivity index (χ4v) is 2.43. The van der Waals surface area contributed by atoms with Crippen LogP contribution in [0.25, 0.3) is 5.57 Å². The van der Waals surface area contributed by atoms with E-state index < -0.39 is 0 Å². The third-order valence-corrected chi connectivity index (χ3v) is 3.63. The van der Waals surface area contributed by atoms with Gasteiger partial charge in [-0.1, -0.05) is 57.0 Å². The van der Waals surface area contributed by atoms with Crippen LogP contribution in [0.4, 0.5) is 0 Å². The molecule has 2 aliphatic rings. The van der Waals surface area contributed by atoms with Crippen molar-refractivity contribution in [3.05, 3.63) is 91.8 Å². The Morgan fingerprint density at radius 2 is 1.54 bits per heavy atom. The van der Waals surface area contributed by atoms with Crippen molar-refractivity contribution in [2.45, 2.75) is 34.1 Å². The van der Waals surface area contributed by atoms with E-state index in [4.69, 9.17) is 0 Å². The average molecular weight is 531 g/mol. The first-order valence-corrected chi connectivity index (χ1v) is 18.1. The number of allylic oxidation sites excluding steroid dienone is 8. The van der Waals surface area contributed by atoms with Crippen LogP contribution in [-0.2, 0) is 21.6 Å². The van der Waals surface area contributed by atoms with Gasteiger partial charge in [0.2, 0.25) is 0 Å². The van der Waals surface area contributed by atoms with E-state index in [2.05, 4.69) is 76.3 Å². The minimum absolute atomic E-state index is 0. The predicted molar refractivity (Wildman–Crippen MR) is 123 cm³/mol. The van der Waals surface area contributed by atoms with Gasteiger partial charge in [-0.05, 0) is 5.56 Å². The number of benzene rings is 1. The zero-order valence-electron chi connectivity index (χ0n) is 16.8. The van der Waals surface area contributed by atoms with E-state index in [0.717, 1.165) is 6.42 Å². The Balaban J connectivity index is -0.000000156. The average Bonchev–Trinajstić information content (AvgIpc) is 3.08. The molecule has 1 aromatic rings. The van der Waals surface area contributed by atoms with Gasteiger partial charge in [-0.25, -0.2) is 22.8 Å². The monoisotopic (exact) mass is 530 g/mol. The van der Waals surface area contributed by atoms with Gasteiger partial charge >= 0.3 is 33.7 Å². The van der Waals surface area contributed by atoms with Crippen molar-refractivity contribution in [3.63, 3.8) is 0 Å². The van der Waals surface area contributed by atoms with Crippen molar-refractivity contribution < 1.29 is 21.6 Å². The molecule has 0 bridgehead atoms. The Labute approximate surface area is 194 Å². The molecule has 0 heterocycles. The second kappa shape index (κ2) is 18.5. The maximum absolute atomic E-state index is 3.29. The van der Waals surface area contributed by atoms with Crippen LogP contribution in [0.1, 0.15) is 39.7 Å². The number of hydrogen-bond donors (Lipinski definition) is 0. The Kier molecular flexibility index (Phi) is 24.1. The van der Waals surface area contributed by atoms with Crippen LogP contribution in [0.3, 0.4) is 0 Å². The summed E-state index contributed by atoms with van der Waals surface area (Å²) in [6.45, 7) is 8.48. The molecule has 1 atom stereocenters. The Morgan fingerprint density at radius 3 is 1.85 bits per heavy atom. The quantitative estimate of drug-likeness (QED) is 0.292. The summed E-state index contributed by atoms with van der Waals surface area (Å²) < 4.78 is 0. The second-order valence-corrected chi connectivity index (χ2v) is 5.48. The van der Waals surface area contributed by atoms with Gasteiger partial charge in [0.25, 0.3) is 0 Å². The zero-order valence-corrected chi connectivity index (χ0v) is 23.9. The van der Waals surface area contributed by atoms with E-state index in [-0.39, 0.29) is 39.7 Å². The van der Waals surface area contributed by atoms with Gasteiger partial charge in [-0.2, -0.15) is 6.08 Å². The Hall–Kier alpha value is 0.186. The molecule has 0 radical (unpaired) electrons. The van der Waals surface area contributed by atoms with E-state index in [9.17, 15) is 0 Å². The normalized spacial score (nSPS) is 15.9. The molecule has 0 spiro atoms. The van der Waals surface area contributed by atoms with Gasteiger partial charge in [0.1, 0.15) is 0 Å². The van der Waals surface area contributed by atoms with Crippen molar-refractivity contribution in [1.82, 2.24) is 0 Å². The molecule has 3 rings (SSSR count). The second-order valence-electron chi connectivity index (χ2n) is 5.48. The molecule has 0 N–H and O–H groups in total. The topological polar surface area (TPSA) is 0 Å². The van der Waals surface area contributed by atoms with Crippen LogP contribution in [0.15, 0.2) is 59.2 Å². The number of rotatable bonds is 1. The van der Waals surface area contributed by atoms with Crippen LogP contribution in [-0.4, -0.2) is 12.1 Å². The van der Waals surface area contributed by atoms with Crippen molar-refractivity contribution in [3.8, 4) is 0 Å². The molecule has 1 aromatic carbocycles. The summed E-state index contributed by atoms with van der Waals surface area (Å²) in [4.78, 5) is 0. The van der Waals surface area contributed by atoms with Gasteiger partial charge in [-0.3, -0.25) is 12.2 Å². The molecule has 0 fully saturated rings. The molecule has 4 heteroatoms. The fraction of sp³-hybridized carbons (Fsp3) is 0.273. The summed E-state index contributed by atoms with van der Waals surface area (Å²) in [6, 6.07) is 10.5. The van der Waals surface area contributed by atoms with Crippen molar-refractivity contribution in [1.29, 1.82) is 0 Å². The Bertz CT molecular complexity index is 598. The van der Waals surface area contributed by atoms with E-state index in [1.807, 2.05) is 6.07 Å². The van der Waals surface area contributed by atoms with Crippen LogP contribution < -0.4 is 0 Å². The van der Waals surface area contributed by atoms with Gasteiger partial charge in [0.15, 0.2) is 0 Å². The molecule has 0 aromatic heterocycles. The molecule has 0 amide bonds. The van der Waals surface area contributed by atoms with E-state index in [1.165, 1.54) is 40.0 Å². The molecule has 0 saturated heterocycles. The summed E-state index contributed by atoms with van der Waals surface area (Å²) in [5, 5.41) is 0. The van der Waals surface area contributed by atoms with E-state index in [1.54, 1.807) is 21.6 Å². The van der Waals surface area contributed by atoms with Crippen molar-refractivity contribution in [2.24, 2.45) is 5.92 Å². The van der Waals surface area contributed by atoms with E-state index >= 15 is 0 Å². The maximum atomic E-state index is 3.29. The molecule has 0 nitrogen and oxygen atoms in total. The molecule has 1 unspecified atom stereocenters. The van der Waals surface area contributed by atoms with Gasteiger partial charge in [-0.15, -0.1) is 43.7 Å². The zero-order chi connectivity index (χ0) is 16.5. The number of halogens is 2. The summed E-state index contributed by atoms with van der Waals surface area (Å²) >= 11 is 3.14. The molecule has 146 valence electrons. The summed E-state index contributed by atoms with van der Waals surface area (Å²) in [5.41, 5.74) is 6.67. The van der Waals surface area contributed by atoms with Gasteiger partial charge in [0.05, 0.1) is 0 Å². The molecule has 0 saturated carbocycles. The third-order valence-electron chi connectivity index (χ3n) is 3.63. The fourth-order valence-electron chi connectivity index (χ4n) is 2.43. The first kappa shape index (κ1) is 33.7. The third kappa shape index (κ3) is 11.8. The number of hydrogen-bond acceptors (Lipinski definition) is 0. The molecular formula is C22H32Cl2GeZr-4. The summed E-state index contributed by atoms with van der Waals surface area (Å²) in [6.07, 6.45) is 12.0. The van der Waals surface area contributed by atoms with Gasteiger partial charge < -0.3 is 14.9 Å². The molecular weight excluding hydrogens is 499 g/mol. The standard InChI is InChI=1S/C12H11.C8H11.2CH3.2ClH.GeH2.Zr/c1-10-7-8-12(9-10)11-5-3-2-4-6-11;1-6-4-7(2)8(3)5-6;;;;;;/h2-6,9H,8H2,1H3;4,6H,1-3H3;2*1H3;2*1H;1H2;/q4*-1;;;;. The van der Waals surface area contributed by atoms with E-state index in [0.29, 0.717) is 5.92 Å². The van der Waals surface area contributed by atoms with Crippen LogP contribution in [0.5, 0.6) is 0 Å². The summed E-state index contributed by atoms with van der Waals surface area (Å²) in [5.74, 6) is 0.551. The molecule has 26 heavy (non-hydrogen) atoms. The van der Waals surface area contributed by atoms with Crippen LogP contribution >= 0.6 is 24.8 Å². The Morgan fingerprint density at radius 1 is 1.00 bits per heavy atom. The van der Waals surface area contributed by atoms with Gasteiger partial charge in [0, 0.05) is 0 Å². The summed E-state index contributed by atoms with van der Waals surface area (Å²) in [7, 11) is 0. The van der Waals surface area contributed by atoms with Crippen molar-refractivity contribution in [2.75, 3.05) is 0 Å². The SMILES string of the molecule is CC1=[C-]C(C)C=C1C.CC1=[C-]CC(c2ccccc2)=C1.Cl.Cl.[CH3-].[CH3-].[GeH2]=[Zr]. The van der Waals surface area contributed by atoms with Crippen LogP contribution in [0.2, 0.25) is 0 Å². The molecule has 0 aliphatic heterocycles. The van der Waals surface area contributed by atoms with Crippen LogP contribution in [0, 0.1) is 32.9 Å². The first-order valence-electron chi connectivity index (χ1n) is 7.54. The van der Waals surface area contributed by atoms with Crippen molar-refractivity contribution >= 4 is 42.5 Å². The predicted octanol–water partition coefficient (Wildman–Crippen LogP) is 6.38.